The van der Waals surface area contributed by atoms with E-state index >= 15 is 0 Å². The minimum absolute atomic E-state index is 0.0906. The number of benzene rings is 1. The highest BCUT2D eigenvalue weighted by atomic mass is 32.2. The second-order valence-electron chi connectivity index (χ2n) is 5.85. The number of carbonyl (C=O) groups is 1. The van der Waals surface area contributed by atoms with Gasteiger partial charge in [-0.3, -0.25) is 9.59 Å². The average Bonchev–Trinajstić information content (AvgIpc) is 3.11. The summed E-state index contributed by atoms with van der Waals surface area (Å²) >= 11 is 3.05. The summed E-state index contributed by atoms with van der Waals surface area (Å²) in [5, 5.41) is 5.35. The van der Waals surface area contributed by atoms with Crippen LogP contribution in [-0.2, 0) is 23.5 Å². The van der Waals surface area contributed by atoms with Gasteiger partial charge in [0.05, 0.1) is 18.7 Å². The summed E-state index contributed by atoms with van der Waals surface area (Å²) in [6.45, 7) is 2.54. The number of nitrogens with one attached hydrogen (secondary N) is 2. The second-order valence-corrected chi connectivity index (χ2v) is 7.85. The molecule has 0 radical (unpaired) electrons. The number of aryl methyl sites for hydroxylation is 1. The Kier molecular flexibility index (Phi) is 6.25. The fourth-order valence-electron chi connectivity index (χ4n) is 2.42. The van der Waals surface area contributed by atoms with Gasteiger partial charge in [-0.1, -0.05) is 47.7 Å². The van der Waals surface area contributed by atoms with Crippen molar-refractivity contribution in [2.75, 3.05) is 0 Å². The third kappa shape index (κ3) is 5.57. The van der Waals surface area contributed by atoms with E-state index in [2.05, 4.69) is 21.4 Å². The van der Waals surface area contributed by atoms with E-state index in [4.69, 9.17) is 0 Å². The molecule has 26 heavy (non-hydrogen) atoms. The van der Waals surface area contributed by atoms with E-state index in [1.54, 1.807) is 11.3 Å². The number of rotatable bonds is 7. The number of amides is 1. The lowest BCUT2D eigenvalue weighted by Gasteiger charge is -2.06. The van der Waals surface area contributed by atoms with Gasteiger partial charge in [-0.2, -0.15) is 0 Å². The highest BCUT2D eigenvalue weighted by Gasteiger charge is 2.08. The maximum Gasteiger partial charge on any atom is 0.251 e. The Balaban J connectivity index is 1.59. The van der Waals surface area contributed by atoms with Crippen molar-refractivity contribution in [1.29, 1.82) is 0 Å². The number of H-pyrrole nitrogens is 1. The molecule has 0 saturated heterocycles. The van der Waals surface area contributed by atoms with Crippen LogP contribution in [0.5, 0.6) is 0 Å². The van der Waals surface area contributed by atoms with Crippen LogP contribution in [-0.4, -0.2) is 15.9 Å². The van der Waals surface area contributed by atoms with Crippen LogP contribution in [0.2, 0.25) is 0 Å². The molecule has 1 aromatic carbocycles. The summed E-state index contributed by atoms with van der Waals surface area (Å²) in [6.07, 6.45) is 0.0906. The van der Waals surface area contributed by atoms with Gasteiger partial charge in [0.15, 0.2) is 5.16 Å². The van der Waals surface area contributed by atoms with E-state index in [9.17, 15) is 9.59 Å². The summed E-state index contributed by atoms with van der Waals surface area (Å²) < 4.78 is 0. The molecule has 0 saturated carbocycles. The zero-order chi connectivity index (χ0) is 18.4. The first-order valence-electron chi connectivity index (χ1n) is 8.16. The van der Waals surface area contributed by atoms with E-state index in [-0.39, 0.29) is 17.9 Å². The van der Waals surface area contributed by atoms with Crippen LogP contribution in [0.15, 0.2) is 57.8 Å². The predicted molar refractivity (Wildman–Crippen MR) is 105 cm³/mol. The maximum atomic E-state index is 12.1. The van der Waals surface area contributed by atoms with E-state index < -0.39 is 0 Å². The first kappa shape index (κ1) is 18.4. The fraction of sp³-hybridized carbons (Fsp3) is 0.211. The quantitative estimate of drug-likeness (QED) is 0.483. The molecule has 2 aromatic heterocycles. The van der Waals surface area contributed by atoms with E-state index in [1.165, 1.54) is 23.4 Å². The smallest absolute Gasteiger partial charge is 0.251 e. The molecule has 0 aliphatic heterocycles. The minimum atomic E-state index is -0.243. The Morgan fingerprint density at radius 2 is 2.15 bits per heavy atom. The molecular weight excluding hydrogens is 366 g/mol. The molecule has 0 unspecified atom stereocenters. The van der Waals surface area contributed by atoms with Crippen LogP contribution >= 0.6 is 23.1 Å². The van der Waals surface area contributed by atoms with Crippen LogP contribution in [0, 0.1) is 6.92 Å². The molecule has 3 rings (SSSR count). The SMILES string of the molecule is Cc1cccc(CSc2nc(CC(=O)NCc3cccs3)cc(=O)[nH]2)c1. The molecule has 2 N–H and O–H groups in total. The van der Waals surface area contributed by atoms with Crippen molar-refractivity contribution in [3.63, 3.8) is 0 Å². The van der Waals surface area contributed by atoms with Gasteiger partial charge in [-0.05, 0) is 23.9 Å². The van der Waals surface area contributed by atoms with Crippen molar-refractivity contribution in [2.24, 2.45) is 0 Å². The number of aromatic nitrogens is 2. The van der Waals surface area contributed by atoms with Gasteiger partial charge in [0.25, 0.3) is 5.56 Å². The lowest BCUT2D eigenvalue weighted by atomic mass is 10.2. The minimum Gasteiger partial charge on any atom is -0.351 e. The average molecular weight is 386 g/mol. The number of aromatic amines is 1. The summed E-state index contributed by atoms with van der Waals surface area (Å²) in [7, 11) is 0. The predicted octanol–water partition coefficient (Wildman–Crippen LogP) is 3.29. The Morgan fingerprint density at radius 3 is 2.92 bits per heavy atom. The van der Waals surface area contributed by atoms with Gasteiger partial charge >= 0.3 is 0 Å². The van der Waals surface area contributed by atoms with Crippen LogP contribution < -0.4 is 10.9 Å². The standard InChI is InChI=1S/C19H19N3O2S2/c1-13-4-2-5-14(8-13)12-26-19-21-15(10-18(24)22-19)9-17(23)20-11-16-6-3-7-25-16/h2-8,10H,9,11-12H2,1H3,(H,20,23)(H,21,22,24). The Morgan fingerprint density at radius 1 is 1.27 bits per heavy atom. The van der Waals surface area contributed by atoms with Gasteiger partial charge in [0.2, 0.25) is 5.91 Å². The molecular formula is C19H19N3O2S2. The normalized spacial score (nSPS) is 10.7. The second kappa shape index (κ2) is 8.82. The first-order chi connectivity index (χ1) is 12.6. The molecule has 2 heterocycles. The topological polar surface area (TPSA) is 74.8 Å². The molecule has 7 heteroatoms. The number of carbonyl (C=O) groups excluding carboxylic acids is 1. The van der Waals surface area contributed by atoms with Crippen molar-refractivity contribution in [1.82, 2.24) is 15.3 Å². The van der Waals surface area contributed by atoms with Crippen molar-refractivity contribution in [3.8, 4) is 0 Å². The number of hydrogen-bond donors (Lipinski definition) is 2. The Labute approximate surface area is 159 Å². The molecule has 5 nitrogen and oxygen atoms in total. The summed E-state index contributed by atoms with van der Waals surface area (Å²) in [6, 6.07) is 13.5. The summed E-state index contributed by atoms with van der Waals surface area (Å²) in [4.78, 5) is 32.2. The molecule has 134 valence electrons. The molecule has 0 spiro atoms. The first-order valence-corrected chi connectivity index (χ1v) is 10.0. The van der Waals surface area contributed by atoms with Crippen molar-refractivity contribution < 1.29 is 4.79 Å². The zero-order valence-electron chi connectivity index (χ0n) is 14.3. The van der Waals surface area contributed by atoms with E-state index in [1.807, 2.05) is 42.6 Å². The molecule has 0 atom stereocenters. The molecule has 0 aliphatic rings. The lowest BCUT2D eigenvalue weighted by Crippen LogP contribution is -2.25. The van der Waals surface area contributed by atoms with E-state index in [0.717, 1.165) is 10.4 Å². The Bertz CT molecular complexity index is 936. The molecule has 3 aromatic rings. The number of hydrogen-bond acceptors (Lipinski definition) is 5. The van der Waals surface area contributed by atoms with Crippen molar-refractivity contribution in [2.45, 2.75) is 30.8 Å². The third-order valence-electron chi connectivity index (χ3n) is 3.61. The van der Waals surface area contributed by atoms with Gasteiger partial charge in [0, 0.05) is 16.7 Å². The van der Waals surface area contributed by atoms with Crippen LogP contribution in [0.3, 0.4) is 0 Å². The lowest BCUT2D eigenvalue weighted by molar-refractivity contribution is -0.120. The molecule has 0 bridgehead atoms. The van der Waals surface area contributed by atoms with E-state index in [0.29, 0.717) is 23.1 Å². The van der Waals surface area contributed by atoms with Gasteiger partial charge in [-0.25, -0.2) is 4.98 Å². The van der Waals surface area contributed by atoms with Crippen LogP contribution in [0.25, 0.3) is 0 Å². The Hall–Kier alpha value is -2.38. The highest BCUT2D eigenvalue weighted by molar-refractivity contribution is 7.98. The third-order valence-corrected chi connectivity index (χ3v) is 5.43. The maximum absolute atomic E-state index is 12.1. The van der Waals surface area contributed by atoms with Gasteiger partial charge in [-0.15, -0.1) is 11.3 Å². The highest BCUT2D eigenvalue weighted by Crippen LogP contribution is 2.19. The zero-order valence-corrected chi connectivity index (χ0v) is 16.0. The summed E-state index contributed by atoms with van der Waals surface area (Å²) in [5.74, 6) is 0.560. The molecule has 0 fully saturated rings. The van der Waals surface area contributed by atoms with Crippen molar-refractivity contribution >= 4 is 29.0 Å². The number of nitrogens with zero attached hydrogens (tertiary/aromatic N) is 1. The largest absolute Gasteiger partial charge is 0.351 e. The summed E-state index contributed by atoms with van der Waals surface area (Å²) in [5.41, 5.74) is 2.59. The van der Waals surface area contributed by atoms with Gasteiger partial charge in [0.1, 0.15) is 0 Å². The van der Waals surface area contributed by atoms with Crippen LogP contribution in [0.4, 0.5) is 0 Å². The number of thioether (sulfide) groups is 1. The van der Waals surface area contributed by atoms with Crippen molar-refractivity contribution in [3.05, 3.63) is 79.9 Å². The molecule has 1 amide bonds. The fourth-order valence-corrected chi connectivity index (χ4v) is 3.90. The van der Waals surface area contributed by atoms with Crippen LogP contribution in [0.1, 0.15) is 21.7 Å². The van der Waals surface area contributed by atoms with Gasteiger partial charge < -0.3 is 10.3 Å². The molecule has 0 aliphatic carbocycles. The monoisotopic (exact) mass is 385 g/mol. The number of thiophene rings is 1.